The van der Waals surface area contributed by atoms with Gasteiger partial charge in [0, 0.05) is 12.2 Å². The number of nitrogens with two attached hydrogens (primary N) is 1. The van der Waals surface area contributed by atoms with Crippen LogP contribution in [0.25, 0.3) is 10.9 Å². The van der Waals surface area contributed by atoms with Crippen molar-refractivity contribution in [3.63, 3.8) is 0 Å². The van der Waals surface area contributed by atoms with Gasteiger partial charge in [0.05, 0.1) is 15.4 Å². The fourth-order valence-electron chi connectivity index (χ4n) is 1.38. The first-order chi connectivity index (χ1) is 6.24. The molecule has 2 rings (SSSR count). The molecule has 68 valence electrons. The van der Waals surface area contributed by atoms with Crippen LogP contribution in [0.4, 0.5) is 0 Å². The first kappa shape index (κ1) is 8.59. The zero-order valence-corrected chi connectivity index (χ0v) is 8.43. The van der Waals surface area contributed by atoms with E-state index in [1.807, 2.05) is 6.07 Å². The third-order valence-electron chi connectivity index (χ3n) is 2.02. The van der Waals surface area contributed by atoms with Crippen molar-refractivity contribution < 1.29 is 5.11 Å². The lowest BCUT2D eigenvalue weighted by molar-refractivity contribution is 0.481. The molecule has 0 saturated carbocycles. The number of fused-ring (bicyclic) bond motifs is 1. The third-order valence-corrected chi connectivity index (χ3v) is 2.89. The minimum Gasteiger partial charge on any atom is -0.507 e. The van der Waals surface area contributed by atoms with E-state index >= 15 is 0 Å². The van der Waals surface area contributed by atoms with Crippen molar-refractivity contribution in [2.24, 2.45) is 5.73 Å². The zero-order chi connectivity index (χ0) is 9.42. The Morgan fingerprint density at radius 1 is 1.46 bits per heavy atom. The summed E-state index contributed by atoms with van der Waals surface area (Å²) in [7, 11) is 0. The van der Waals surface area contributed by atoms with Gasteiger partial charge in [-0.05, 0) is 28.1 Å². The maximum atomic E-state index is 9.57. The number of hydrogen-bond acceptors (Lipinski definition) is 2. The molecule has 3 nitrogen and oxygen atoms in total. The van der Waals surface area contributed by atoms with E-state index in [-0.39, 0.29) is 5.75 Å². The van der Waals surface area contributed by atoms with E-state index in [1.54, 1.807) is 12.1 Å². The molecule has 0 atom stereocenters. The van der Waals surface area contributed by atoms with Crippen molar-refractivity contribution in [1.82, 2.24) is 4.98 Å². The third kappa shape index (κ3) is 1.22. The quantitative estimate of drug-likeness (QED) is 0.715. The molecule has 0 radical (unpaired) electrons. The number of H-pyrrole nitrogens is 1. The van der Waals surface area contributed by atoms with Gasteiger partial charge in [-0.3, -0.25) is 0 Å². The molecule has 0 aliphatic heterocycles. The van der Waals surface area contributed by atoms with Gasteiger partial charge in [0.1, 0.15) is 5.75 Å². The van der Waals surface area contributed by atoms with Crippen LogP contribution in [-0.4, -0.2) is 10.1 Å². The number of aromatic nitrogens is 1. The van der Waals surface area contributed by atoms with E-state index < -0.39 is 0 Å². The van der Waals surface area contributed by atoms with Crippen molar-refractivity contribution in [1.29, 1.82) is 0 Å². The molecule has 0 spiro atoms. The molecule has 0 amide bonds. The SMILES string of the molecule is NCc1[nH]c2cccc(O)c2c1Br. The summed E-state index contributed by atoms with van der Waals surface area (Å²) in [6.07, 6.45) is 0. The summed E-state index contributed by atoms with van der Waals surface area (Å²) in [5, 5.41) is 10.4. The van der Waals surface area contributed by atoms with Crippen LogP contribution in [0, 0.1) is 0 Å². The molecule has 0 bridgehead atoms. The molecule has 0 aliphatic rings. The Morgan fingerprint density at radius 3 is 2.85 bits per heavy atom. The number of hydrogen-bond donors (Lipinski definition) is 3. The lowest BCUT2D eigenvalue weighted by Crippen LogP contribution is -1.96. The second-order valence-electron chi connectivity index (χ2n) is 2.82. The predicted octanol–water partition coefficient (Wildman–Crippen LogP) is 2.09. The van der Waals surface area contributed by atoms with Crippen LogP contribution in [0.15, 0.2) is 22.7 Å². The highest BCUT2D eigenvalue weighted by atomic mass is 79.9. The Labute approximate surface area is 83.7 Å². The van der Waals surface area contributed by atoms with E-state index in [9.17, 15) is 5.11 Å². The Bertz CT molecular complexity index is 450. The van der Waals surface area contributed by atoms with Gasteiger partial charge < -0.3 is 15.8 Å². The van der Waals surface area contributed by atoms with Gasteiger partial charge in [0.2, 0.25) is 0 Å². The summed E-state index contributed by atoms with van der Waals surface area (Å²) in [5.41, 5.74) is 7.32. The summed E-state index contributed by atoms with van der Waals surface area (Å²) in [6.45, 7) is 0.425. The molecule has 0 saturated heterocycles. The minimum atomic E-state index is 0.264. The van der Waals surface area contributed by atoms with Crippen LogP contribution >= 0.6 is 15.9 Å². The number of phenolic OH excluding ortho intramolecular Hbond substituents is 1. The smallest absolute Gasteiger partial charge is 0.126 e. The highest BCUT2D eigenvalue weighted by Crippen LogP contribution is 2.33. The zero-order valence-electron chi connectivity index (χ0n) is 6.84. The topological polar surface area (TPSA) is 62.0 Å². The van der Waals surface area contributed by atoms with Crippen LogP contribution in [0.2, 0.25) is 0 Å². The normalized spacial score (nSPS) is 10.9. The van der Waals surface area contributed by atoms with E-state index in [4.69, 9.17) is 5.73 Å². The number of halogens is 1. The standard InChI is InChI=1S/C9H9BrN2O/c10-9-6(4-11)12-5-2-1-3-7(13)8(5)9/h1-3,12-13H,4,11H2. The second kappa shape index (κ2) is 3.05. The van der Waals surface area contributed by atoms with E-state index in [2.05, 4.69) is 20.9 Å². The average Bonchev–Trinajstić information content (AvgIpc) is 2.44. The summed E-state index contributed by atoms with van der Waals surface area (Å²) in [5.74, 6) is 0.264. The van der Waals surface area contributed by atoms with Gasteiger partial charge in [-0.1, -0.05) is 6.07 Å². The Morgan fingerprint density at radius 2 is 2.23 bits per heavy atom. The maximum absolute atomic E-state index is 9.57. The Kier molecular flexibility index (Phi) is 2.01. The molecule has 1 heterocycles. The van der Waals surface area contributed by atoms with Gasteiger partial charge in [-0.25, -0.2) is 0 Å². The van der Waals surface area contributed by atoms with Crippen molar-refractivity contribution in [2.45, 2.75) is 6.54 Å². The van der Waals surface area contributed by atoms with Crippen LogP contribution in [-0.2, 0) is 6.54 Å². The maximum Gasteiger partial charge on any atom is 0.126 e. The van der Waals surface area contributed by atoms with Crippen molar-refractivity contribution in [3.05, 3.63) is 28.4 Å². The second-order valence-corrected chi connectivity index (χ2v) is 3.61. The van der Waals surface area contributed by atoms with Gasteiger partial charge >= 0.3 is 0 Å². The fraction of sp³-hybridized carbons (Fsp3) is 0.111. The minimum absolute atomic E-state index is 0.264. The molecular weight excluding hydrogens is 232 g/mol. The number of rotatable bonds is 1. The highest BCUT2D eigenvalue weighted by Gasteiger charge is 2.10. The number of aromatic amines is 1. The molecule has 0 unspecified atom stereocenters. The van der Waals surface area contributed by atoms with Gasteiger partial charge in [-0.15, -0.1) is 0 Å². The van der Waals surface area contributed by atoms with E-state index in [0.717, 1.165) is 21.1 Å². The molecule has 13 heavy (non-hydrogen) atoms. The fourth-order valence-corrected chi connectivity index (χ4v) is 2.06. The average molecular weight is 241 g/mol. The molecule has 4 heteroatoms. The number of nitrogens with one attached hydrogen (secondary N) is 1. The van der Waals surface area contributed by atoms with Gasteiger partial charge in [0.15, 0.2) is 0 Å². The highest BCUT2D eigenvalue weighted by molar-refractivity contribution is 9.10. The first-order valence-corrected chi connectivity index (χ1v) is 4.71. The Balaban J connectivity index is 2.85. The van der Waals surface area contributed by atoms with Gasteiger partial charge in [-0.2, -0.15) is 0 Å². The van der Waals surface area contributed by atoms with Crippen LogP contribution < -0.4 is 5.73 Å². The van der Waals surface area contributed by atoms with Crippen molar-refractivity contribution in [3.8, 4) is 5.75 Å². The monoisotopic (exact) mass is 240 g/mol. The van der Waals surface area contributed by atoms with E-state index in [1.165, 1.54) is 0 Å². The number of phenols is 1. The molecule has 0 aliphatic carbocycles. The number of aromatic hydroxyl groups is 1. The molecule has 0 fully saturated rings. The summed E-state index contributed by atoms with van der Waals surface area (Å²) < 4.78 is 0.850. The summed E-state index contributed by atoms with van der Waals surface area (Å²) in [4.78, 5) is 3.12. The summed E-state index contributed by atoms with van der Waals surface area (Å²) in [6, 6.07) is 5.35. The Hall–Kier alpha value is -1.00. The van der Waals surface area contributed by atoms with Gasteiger partial charge in [0.25, 0.3) is 0 Å². The van der Waals surface area contributed by atoms with Crippen LogP contribution in [0.5, 0.6) is 5.75 Å². The molecule has 1 aromatic heterocycles. The van der Waals surface area contributed by atoms with Crippen molar-refractivity contribution >= 4 is 26.8 Å². The van der Waals surface area contributed by atoms with Crippen LogP contribution in [0.3, 0.4) is 0 Å². The largest absolute Gasteiger partial charge is 0.507 e. The lowest BCUT2D eigenvalue weighted by atomic mass is 10.2. The molecule has 4 N–H and O–H groups in total. The summed E-state index contributed by atoms with van der Waals surface area (Å²) >= 11 is 3.39. The van der Waals surface area contributed by atoms with Crippen LogP contribution in [0.1, 0.15) is 5.69 Å². The lowest BCUT2D eigenvalue weighted by Gasteiger charge is -1.94. The van der Waals surface area contributed by atoms with Crippen molar-refractivity contribution in [2.75, 3.05) is 0 Å². The predicted molar refractivity (Wildman–Crippen MR) is 55.6 cm³/mol. The number of benzene rings is 1. The molecule has 1 aromatic carbocycles. The van der Waals surface area contributed by atoms with E-state index in [0.29, 0.717) is 6.54 Å². The molecular formula is C9H9BrN2O. The molecule has 2 aromatic rings. The first-order valence-electron chi connectivity index (χ1n) is 3.92.